The molecule has 1 N–H and O–H groups in total. The van der Waals surface area contributed by atoms with Gasteiger partial charge in [-0.2, -0.15) is 4.31 Å². The van der Waals surface area contributed by atoms with Crippen molar-refractivity contribution in [3.63, 3.8) is 0 Å². The van der Waals surface area contributed by atoms with E-state index < -0.39 is 10.0 Å². The Morgan fingerprint density at radius 1 is 1.04 bits per heavy atom. The Kier molecular flexibility index (Phi) is 6.77. The van der Waals surface area contributed by atoms with E-state index in [-0.39, 0.29) is 47.2 Å². The van der Waals surface area contributed by atoms with Crippen molar-refractivity contribution in [2.75, 3.05) is 32.7 Å². The maximum absolute atomic E-state index is 12.9. The average molecular weight is 443 g/mol. The van der Waals surface area contributed by atoms with Gasteiger partial charge in [0.05, 0.1) is 10.0 Å². The summed E-state index contributed by atoms with van der Waals surface area (Å²) in [5.74, 6) is 0. The molecule has 1 fully saturated rings. The lowest BCUT2D eigenvalue weighted by molar-refractivity contribution is 0.172. The lowest BCUT2D eigenvalue weighted by atomic mass is 10.3. The zero-order valence-corrected chi connectivity index (χ0v) is 17.3. The van der Waals surface area contributed by atoms with Crippen LogP contribution in [0.5, 0.6) is 0 Å². The molecule has 1 aliphatic rings. The highest BCUT2D eigenvalue weighted by Crippen LogP contribution is 2.31. The third-order valence-corrected chi connectivity index (χ3v) is 7.28. The predicted molar refractivity (Wildman–Crippen MR) is 108 cm³/mol. The number of halogens is 2. The van der Waals surface area contributed by atoms with E-state index in [0.29, 0.717) is 13.0 Å². The number of nitrogens with one attached hydrogen (secondary N) is 1. The number of urea groups is 1. The highest BCUT2D eigenvalue weighted by atomic mass is 35.5. The van der Waals surface area contributed by atoms with Crippen molar-refractivity contribution in [3.05, 3.63) is 58.3 Å². The van der Waals surface area contributed by atoms with Crippen molar-refractivity contribution in [1.82, 2.24) is 19.5 Å². The molecule has 2 aromatic rings. The number of carbonyl (C=O) groups is 1. The summed E-state index contributed by atoms with van der Waals surface area (Å²) >= 11 is 12.1. The van der Waals surface area contributed by atoms with Gasteiger partial charge < -0.3 is 10.2 Å². The van der Waals surface area contributed by atoms with E-state index >= 15 is 0 Å². The van der Waals surface area contributed by atoms with E-state index in [1.165, 1.54) is 16.4 Å². The van der Waals surface area contributed by atoms with E-state index in [1.54, 1.807) is 17.2 Å². The Balaban J connectivity index is 1.54. The average Bonchev–Trinajstić information content (AvgIpc) is 2.68. The fraction of sp³-hybridized carbons (Fsp3) is 0.333. The molecule has 28 heavy (non-hydrogen) atoms. The minimum atomic E-state index is -3.82. The van der Waals surface area contributed by atoms with Gasteiger partial charge >= 0.3 is 6.03 Å². The molecule has 0 aliphatic carbocycles. The molecule has 0 spiro atoms. The first-order valence-electron chi connectivity index (χ1n) is 8.76. The van der Waals surface area contributed by atoms with Gasteiger partial charge in [-0.3, -0.25) is 4.98 Å². The first kappa shape index (κ1) is 20.9. The number of aromatic nitrogens is 1. The monoisotopic (exact) mass is 442 g/mol. The Morgan fingerprint density at radius 3 is 2.32 bits per heavy atom. The van der Waals surface area contributed by atoms with E-state index in [0.717, 1.165) is 5.69 Å². The molecular weight excluding hydrogens is 423 g/mol. The number of sulfonamides is 1. The normalized spacial score (nSPS) is 15.4. The molecule has 150 valence electrons. The highest BCUT2D eigenvalue weighted by molar-refractivity contribution is 7.89. The summed E-state index contributed by atoms with van der Waals surface area (Å²) in [5, 5.41) is 3.01. The Morgan fingerprint density at radius 2 is 1.71 bits per heavy atom. The zero-order chi connectivity index (χ0) is 20.1. The molecular formula is C18H20Cl2N4O3S. The minimum Gasteiger partial charge on any atom is -0.338 e. The highest BCUT2D eigenvalue weighted by Gasteiger charge is 2.32. The maximum atomic E-state index is 12.9. The molecule has 1 saturated heterocycles. The van der Waals surface area contributed by atoms with Crippen LogP contribution >= 0.6 is 23.2 Å². The third-order valence-electron chi connectivity index (χ3n) is 4.43. The van der Waals surface area contributed by atoms with Gasteiger partial charge in [0, 0.05) is 51.0 Å². The van der Waals surface area contributed by atoms with Crippen LogP contribution in [0.15, 0.2) is 47.5 Å². The third kappa shape index (κ3) is 4.75. The quantitative estimate of drug-likeness (QED) is 0.771. The number of amides is 2. The fourth-order valence-corrected chi connectivity index (χ4v) is 5.46. The van der Waals surface area contributed by atoms with Crippen LogP contribution in [0.1, 0.15) is 5.69 Å². The van der Waals surface area contributed by atoms with Gasteiger partial charge in [-0.05, 0) is 24.3 Å². The predicted octanol–water partition coefficient (Wildman–Crippen LogP) is 2.65. The van der Waals surface area contributed by atoms with Gasteiger partial charge in [0.25, 0.3) is 0 Å². The number of rotatable bonds is 5. The summed E-state index contributed by atoms with van der Waals surface area (Å²) in [7, 11) is -3.82. The summed E-state index contributed by atoms with van der Waals surface area (Å²) in [5.41, 5.74) is 0.898. The number of benzene rings is 1. The van der Waals surface area contributed by atoms with Crippen LogP contribution in [0.2, 0.25) is 10.0 Å². The van der Waals surface area contributed by atoms with Crippen LogP contribution < -0.4 is 5.32 Å². The van der Waals surface area contributed by atoms with Crippen molar-refractivity contribution in [1.29, 1.82) is 0 Å². The first-order valence-corrected chi connectivity index (χ1v) is 11.0. The molecule has 0 bridgehead atoms. The first-order chi connectivity index (χ1) is 13.4. The molecule has 0 atom stereocenters. The van der Waals surface area contributed by atoms with E-state index in [1.807, 2.05) is 18.2 Å². The Hall–Kier alpha value is -1.87. The van der Waals surface area contributed by atoms with Crippen LogP contribution in [0.3, 0.4) is 0 Å². The molecule has 7 nitrogen and oxygen atoms in total. The van der Waals surface area contributed by atoms with Gasteiger partial charge in [-0.1, -0.05) is 35.3 Å². The molecule has 3 rings (SSSR count). The molecule has 10 heteroatoms. The van der Waals surface area contributed by atoms with Gasteiger partial charge in [-0.15, -0.1) is 0 Å². The number of hydrogen-bond acceptors (Lipinski definition) is 4. The largest absolute Gasteiger partial charge is 0.338 e. The van der Waals surface area contributed by atoms with Crippen LogP contribution in [-0.2, 0) is 16.4 Å². The Bertz CT molecular complexity index is 913. The smallest absolute Gasteiger partial charge is 0.317 e. The lowest BCUT2D eigenvalue weighted by Crippen LogP contribution is -2.53. The van der Waals surface area contributed by atoms with Crippen molar-refractivity contribution in [3.8, 4) is 0 Å². The standard InChI is InChI=1S/C18H20Cl2N4O3S/c19-15-5-3-6-16(20)17(15)28(26,27)24-12-10-23(11-13-24)18(25)22-9-7-14-4-1-2-8-21-14/h1-6,8H,7,9-13H2,(H,22,25). The van der Waals surface area contributed by atoms with E-state index in [9.17, 15) is 13.2 Å². The maximum Gasteiger partial charge on any atom is 0.317 e. The molecule has 1 aliphatic heterocycles. The number of pyridine rings is 1. The molecule has 0 saturated carbocycles. The Labute approximate surface area is 174 Å². The van der Waals surface area contributed by atoms with Gasteiger partial charge in [0.15, 0.2) is 0 Å². The molecule has 2 amide bonds. The minimum absolute atomic E-state index is 0.0854. The van der Waals surface area contributed by atoms with Crippen molar-refractivity contribution in [2.45, 2.75) is 11.3 Å². The summed E-state index contributed by atoms with van der Waals surface area (Å²) in [6.45, 7) is 1.39. The summed E-state index contributed by atoms with van der Waals surface area (Å²) in [6, 6.07) is 9.99. The number of piperazine rings is 1. The molecule has 0 radical (unpaired) electrons. The number of nitrogens with zero attached hydrogens (tertiary/aromatic N) is 3. The van der Waals surface area contributed by atoms with Gasteiger partial charge in [-0.25, -0.2) is 13.2 Å². The van der Waals surface area contributed by atoms with Gasteiger partial charge in [0.2, 0.25) is 10.0 Å². The number of hydrogen-bond donors (Lipinski definition) is 1. The van der Waals surface area contributed by atoms with Crippen molar-refractivity contribution >= 4 is 39.3 Å². The van der Waals surface area contributed by atoms with E-state index in [4.69, 9.17) is 23.2 Å². The summed E-state index contributed by atoms with van der Waals surface area (Å²) in [4.78, 5) is 18.0. The lowest BCUT2D eigenvalue weighted by Gasteiger charge is -2.34. The zero-order valence-electron chi connectivity index (χ0n) is 15.0. The number of carbonyl (C=O) groups excluding carboxylic acids is 1. The van der Waals surface area contributed by atoms with Crippen molar-refractivity contribution in [2.24, 2.45) is 0 Å². The molecule has 1 aromatic carbocycles. The van der Waals surface area contributed by atoms with Crippen LogP contribution in [-0.4, -0.2) is 61.4 Å². The second-order valence-corrected chi connectivity index (χ2v) is 8.93. The van der Waals surface area contributed by atoms with Crippen LogP contribution in [0, 0.1) is 0 Å². The molecule has 0 unspecified atom stereocenters. The van der Waals surface area contributed by atoms with Crippen LogP contribution in [0.4, 0.5) is 4.79 Å². The molecule has 1 aromatic heterocycles. The van der Waals surface area contributed by atoms with E-state index in [2.05, 4.69) is 10.3 Å². The second kappa shape index (κ2) is 9.09. The second-order valence-electron chi connectivity index (χ2n) is 6.24. The molecule has 2 heterocycles. The van der Waals surface area contributed by atoms with Crippen LogP contribution in [0.25, 0.3) is 0 Å². The van der Waals surface area contributed by atoms with Gasteiger partial charge in [0.1, 0.15) is 4.90 Å². The topological polar surface area (TPSA) is 82.6 Å². The fourth-order valence-electron chi connectivity index (χ4n) is 2.94. The van der Waals surface area contributed by atoms with Crippen molar-refractivity contribution < 1.29 is 13.2 Å². The SMILES string of the molecule is O=C(NCCc1ccccn1)N1CCN(S(=O)(=O)c2c(Cl)cccc2Cl)CC1. The summed E-state index contributed by atoms with van der Waals surface area (Å²) < 4.78 is 27.0. The summed E-state index contributed by atoms with van der Waals surface area (Å²) in [6.07, 6.45) is 2.34.